The molecule has 354 valence electrons. The van der Waals surface area contributed by atoms with Crippen LogP contribution in [0.5, 0.6) is 0 Å². The highest BCUT2D eigenvalue weighted by atomic mass is 31.2. The lowest BCUT2D eigenvalue weighted by Crippen LogP contribution is -2.37. The molecule has 0 aliphatic rings. The fraction of sp³-hybridized carbons (Fsp3) is 0.750. The maximum atomic E-state index is 12.7. The molecule has 0 aromatic heterocycles. The van der Waals surface area contributed by atoms with Crippen molar-refractivity contribution in [1.82, 2.24) is 0 Å². The summed E-state index contributed by atoms with van der Waals surface area (Å²) in [6.07, 6.45) is 57.7. The van der Waals surface area contributed by atoms with Crippen LogP contribution in [0.1, 0.15) is 194 Å². The Kier molecular flexibility index (Phi) is 43.0. The van der Waals surface area contributed by atoms with Crippen molar-refractivity contribution in [2.45, 2.75) is 200 Å². The number of quaternary nitrogens is 1. The lowest BCUT2D eigenvalue weighted by Gasteiger charge is -2.28. The molecule has 0 heterocycles. The normalized spacial score (nSPS) is 14.3. The summed E-state index contributed by atoms with van der Waals surface area (Å²) in [5.74, 6) is -0.345. The molecular formula is C52H94NO7P. The molecule has 8 nitrogen and oxygen atoms in total. The van der Waals surface area contributed by atoms with Crippen molar-refractivity contribution in [1.29, 1.82) is 0 Å². The number of nitrogens with zero attached hydrogens (tertiary/aromatic N) is 1. The lowest BCUT2D eigenvalue weighted by molar-refractivity contribution is -0.870. The summed E-state index contributed by atoms with van der Waals surface area (Å²) in [7, 11) is 1.34. The first-order valence-corrected chi connectivity index (χ1v) is 26.1. The largest absolute Gasteiger partial charge is 0.756 e. The zero-order valence-electron chi connectivity index (χ0n) is 40.1. The number of unbranched alkanes of at least 4 members (excludes halogenated alkanes) is 19. The molecule has 0 bridgehead atoms. The van der Waals surface area contributed by atoms with Crippen molar-refractivity contribution in [3.8, 4) is 0 Å². The highest BCUT2D eigenvalue weighted by molar-refractivity contribution is 7.45. The lowest BCUT2D eigenvalue weighted by atomic mass is 10.1. The topological polar surface area (TPSA) is 94.1 Å². The average molecular weight is 876 g/mol. The molecule has 0 aliphatic carbocycles. The summed E-state index contributed by atoms with van der Waals surface area (Å²) in [6.45, 7) is 5.26. The van der Waals surface area contributed by atoms with E-state index in [1.54, 1.807) is 0 Å². The molecule has 9 heteroatoms. The number of allylic oxidation sites excluding steroid dienone is 12. The van der Waals surface area contributed by atoms with Crippen LogP contribution in [0, 0.1) is 0 Å². The van der Waals surface area contributed by atoms with Crippen LogP contribution in [-0.4, -0.2) is 70.7 Å². The van der Waals surface area contributed by atoms with Crippen LogP contribution in [0.4, 0.5) is 0 Å². The Balaban J connectivity index is 4.16. The van der Waals surface area contributed by atoms with Gasteiger partial charge in [0.25, 0.3) is 7.82 Å². The Labute approximate surface area is 376 Å². The van der Waals surface area contributed by atoms with E-state index in [9.17, 15) is 14.3 Å². The van der Waals surface area contributed by atoms with Crippen molar-refractivity contribution in [3.05, 3.63) is 72.9 Å². The van der Waals surface area contributed by atoms with E-state index in [-0.39, 0.29) is 25.8 Å². The van der Waals surface area contributed by atoms with Gasteiger partial charge in [-0.15, -0.1) is 0 Å². The third-order valence-corrected chi connectivity index (χ3v) is 11.2. The fourth-order valence-corrected chi connectivity index (χ4v) is 7.18. The van der Waals surface area contributed by atoms with Gasteiger partial charge < -0.3 is 27.9 Å². The van der Waals surface area contributed by atoms with Crippen molar-refractivity contribution < 1.29 is 37.3 Å². The predicted octanol–water partition coefficient (Wildman–Crippen LogP) is 14.4. The molecule has 0 aliphatic heterocycles. The number of phosphoric acid groups is 1. The molecule has 0 rings (SSSR count). The van der Waals surface area contributed by atoms with Crippen molar-refractivity contribution in [2.24, 2.45) is 0 Å². The van der Waals surface area contributed by atoms with Crippen molar-refractivity contribution in [2.75, 3.05) is 54.1 Å². The zero-order chi connectivity index (χ0) is 44.8. The van der Waals surface area contributed by atoms with Crippen LogP contribution < -0.4 is 4.89 Å². The van der Waals surface area contributed by atoms with Crippen LogP contribution in [0.3, 0.4) is 0 Å². The number of phosphoric ester groups is 1. The van der Waals surface area contributed by atoms with Crippen LogP contribution >= 0.6 is 7.82 Å². The molecule has 0 amide bonds. The first kappa shape index (κ1) is 58.9. The third kappa shape index (κ3) is 48.8. The summed E-state index contributed by atoms with van der Waals surface area (Å²) in [5, 5.41) is 0. The third-order valence-electron chi connectivity index (χ3n) is 10.2. The van der Waals surface area contributed by atoms with Crippen molar-refractivity contribution in [3.63, 3.8) is 0 Å². The van der Waals surface area contributed by atoms with Gasteiger partial charge in [0, 0.05) is 13.0 Å². The minimum Gasteiger partial charge on any atom is -0.756 e. The highest BCUT2D eigenvalue weighted by Gasteiger charge is 2.20. The van der Waals surface area contributed by atoms with E-state index in [0.29, 0.717) is 24.1 Å². The molecule has 2 unspecified atom stereocenters. The summed E-state index contributed by atoms with van der Waals surface area (Å²) in [6, 6.07) is 0. The van der Waals surface area contributed by atoms with Crippen LogP contribution in [0.15, 0.2) is 72.9 Å². The van der Waals surface area contributed by atoms with E-state index < -0.39 is 13.9 Å². The second kappa shape index (κ2) is 44.5. The van der Waals surface area contributed by atoms with E-state index in [4.69, 9.17) is 18.5 Å². The molecular weight excluding hydrogens is 782 g/mol. The Morgan fingerprint density at radius 2 is 0.951 bits per heavy atom. The average Bonchev–Trinajstić information content (AvgIpc) is 3.22. The summed E-state index contributed by atoms with van der Waals surface area (Å²) >= 11 is 0. The Bertz CT molecular complexity index is 1200. The highest BCUT2D eigenvalue weighted by Crippen LogP contribution is 2.38. The number of carbonyl (C=O) groups is 1. The fourth-order valence-electron chi connectivity index (χ4n) is 6.45. The number of rotatable bonds is 45. The summed E-state index contributed by atoms with van der Waals surface area (Å²) < 4.78 is 34.7. The molecule has 0 saturated heterocycles. The first-order valence-electron chi connectivity index (χ1n) is 24.7. The van der Waals surface area contributed by atoms with E-state index in [1.807, 2.05) is 21.1 Å². The molecule has 2 atom stereocenters. The number of esters is 1. The van der Waals surface area contributed by atoms with Gasteiger partial charge in [-0.05, 0) is 83.5 Å². The van der Waals surface area contributed by atoms with Gasteiger partial charge in [0.05, 0.1) is 34.4 Å². The van der Waals surface area contributed by atoms with Crippen LogP contribution in [0.25, 0.3) is 0 Å². The second-order valence-electron chi connectivity index (χ2n) is 17.4. The van der Waals surface area contributed by atoms with E-state index >= 15 is 0 Å². The van der Waals surface area contributed by atoms with Gasteiger partial charge in [0.15, 0.2) is 0 Å². The Hall–Kier alpha value is -2.06. The van der Waals surface area contributed by atoms with Gasteiger partial charge in [-0.3, -0.25) is 9.36 Å². The quantitative estimate of drug-likeness (QED) is 0.0198. The second-order valence-corrected chi connectivity index (χ2v) is 18.8. The molecule has 0 saturated carbocycles. The number of hydrogen-bond donors (Lipinski definition) is 0. The monoisotopic (exact) mass is 876 g/mol. The predicted molar refractivity (Wildman–Crippen MR) is 259 cm³/mol. The van der Waals surface area contributed by atoms with Gasteiger partial charge in [0.2, 0.25) is 0 Å². The number of carbonyl (C=O) groups excluding carboxylic acids is 1. The SMILES string of the molecule is CC/C=C\C/C=C\C/C=C\C/C=C\C/C=C\CCCCCCCCCCCC(=O)OC(COCCCCCCCC/C=C\CCCCCC)COP(=O)([O-])OCC[N+](C)(C)C. The van der Waals surface area contributed by atoms with Gasteiger partial charge in [-0.25, -0.2) is 0 Å². The van der Waals surface area contributed by atoms with Gasteiger partial charge in [-0.1, -0.05) is 177 Å². The minimum absolute atomic E-state index is 0.0207. The summed E-state index contributed by atoms with van der Waals surface area (Å²) in [5.41, 5.74) is 0. The van der Waals surface area contributed by atoms with E-state index in [0.717, 1.165) is 70.6 Å². The van der Waals surface area contributed by atoms with E-state index in [2.05, 4.69) is 86.8 Å². The number of ether oxygens (including phenoxy) is 2. The molecule has 0 spiro atoms. The maximum absolute atomic E-state index is 12.7. The molecule has 61 heavy (non-hydrogen) atoms. The van der Waals surface area contributed by atoms with Crippen LogP contribution in [-0.2, 0) is 27.9 Å². The molecule has 0 aromatic carbocycles. The van der Waals surface area contributed by atoms with E-state index in [1.165, 1.54) is 103 Å². The summed E-state index contributed by atoms with van der Waals surface area (Å²) in [4.78, 5) is 25.1. The van der Waals surface area contributed by atoms with Gasteiger partial charge >= 0.3 is 5.97 Å². The molecule has 0 fully saturated rings. The molecule has 0 aromatic rings. The Morgan fingerprint density at radius 3 is 1.44 bits per heavy atom. The molecule has 0 N–H and O–H groups in total. The first-order chi connectivity index (χ1) is 29.6. The smallest absolute Gasteiger partial charge is 0.306 e. The number of hydrogen-bond acceptors (Lipinski definition) is 7. The standard InChI is InChI=1S/C52H94NO7P/c1-6-8-10-12-14-16-18-20-22-23-24-25-26-27-28-29-30-31-32-33-35-37-39-41-43-45-52(54)60-51(50-59-61(55,56)58-48-46-53(3,4)5)49-57-47-44-42-40-38-36-34-21-19-17-15-13-11-9-7-2/h8,10,14,16-17,19-20,22,24-25,27-28,51H,6-7,9,11-13,15,18,21,23,26,29-50H2,1-5H3/b10-8-,16-14-,19-17-,22-20-,25-24-,28-27-. The number of likely N-dealkylation sites (N-methyl/N-ethyl adjacent to an activating group) is 1. The molecule has 0 radical (unpaired) electrons. The zero-order valence-corrected chi connectivity index (χ0v) is 41.0. The van der Waals surface area contributed by atoms with Crippen LogP contribution in [0.2, 0.25) is 0 Å². The Morgan fingerprint density at radius 1 is 0.525 bits per heavy atom. The van der Waals surface area contributed by atoms with Gasteiger partial charge in [-0.2, -0.15) is 0 Å². The minimum atomic E-state index is -4.53. The van der Waals surface area contributed by atoms with Crippen molar-refractivity contribution >= 4 is 13.8 Å². The van der Waals surface area contributed by atoms with Gasteiger partial charge in [0.1, 0.15) is 19.3 Å². The maximum Gasteiger partial charge on any atom is 0.306 e.